The number of likely N-dealkylation sites (N-methyl/N-ethyl adjacent to an activating group) is 2. The Bertz CT molecular complexity index is 1160. The number of anilines is 2. The summed E-state index contributed by atoms with van der Waals surface area (Å²) in [7, 11) is 7.57. The second kappa shape index (κ2) is 21.0. The summed E-state index contributed by atoms with van der Waals surface area (Å²) < 4.78 is 10.2. The Morgan fingerprint density at radius 2 is 1.30 bits per heavy atom. The number of hydrogen-bond acceptors (Lipinski definition) is 17. The van der Waals surface area contributed by atoms with Gasteiger partial charge in [-0.25, -0.2) is 9.97 Å². The van der Waals surface area contributed by atoms with Crippen LogP contribution in [0.2, 0.25) is 0 Å². The first-order chi connectivity index (χ1) is 19.6. The van der Waals surface area contributed by atoms with E-state index in [2.05, 4.69) is 19.9 Å². The van der Waals surface area contributed by atoms with Crippen LogP contribution in [-0.2, 0) is 28.5 Å². The van der Waals surface area contributed by atoms with Crippen molar-refractivity contribution in [2.24, 2.45) is 0 Å². The van der Waals surface area contributed by atoms with E-state index in [4.69, 9.17) is 29.6 Å². The van der Waals surface area contributed by atoms with Gasteiger partial charge in [-0.3, -0.25) is 38.9 Å². The third-order valence-electron chi connectivity index (χ3n) is 4.79. The fraction of sp³-hybridized carbons (Fsp3) is 0.455. The molecule has 0 atom stereocenters. The van der Waals surface area contributed by atoms with Crippen LogP contribution in [0.4, 0.5) is 11.6 Å². The number of hydrogen-bond donors (Lipinski definition) is 4. The van der Waals surface area contributed by atoms with Crippen LogP contribution < -0.4 is 39.8 Å². The molecule has 19 nitrogen and oxygen atoms in total. The molecule has 3 rings (SSSR count). The van der Waals surface area contributed by atoms with Crippen molar-refractivity contribution in [3.63, 3.8) is 0 Å². The van der Waals surface area contributed by atoms with Crippen LogP contribution in [0.1, 0.15) is 0 Å². The van der Waals surface area contributed by atoms with Gasteiger partial charge in [-0.2, -0.15) is 0 Å². The van der Waals surface area contributed by atoms with Crippen LogP contribution >= 0.6 is 0 Å². The molecule has 236 valence electrons. The van der Waals surface area contributed by atoms with Gasteiger partial charge in [0.2, 0.25) is 0 Å². The molecule has 0 aliphatic carbocycles. The number of aliphatic carboxylic acids is 2. The summed E-state index contributed by atoms with van der Waals surface area (Å²) in [4.78, 5) is 65.4. The number of carboxylic acids is 2. The Morgan fingerprint density at radius 3 is 1.70 bits per heavy atom. The minimum atomic E-state index is -1.56. The largest absolute Gasteiger partial charge is 1.00 e. The first-order valence-corrected chi connectivity index (χ1v) is 12.1. The van der Waals surface area contributed by atoms with E-state index in [1.165, 1.54) is 29.2 Å². The normalized spacial score (nSPS) is 12.6. The fourth-order valence-corrected chi connectivity index (χ4v) is 2.88. The van der Waals surface area contributed by atoms with E-state index in [-0.39, 0.29) is 61.7 Å². The second-order valence-corrected chi connectivity index (χ2v) is 9.21. The Hall–Kier alpha value is -3.83. The van der Waals surface area contributed by atoms with Crippen LogP contribution in [0, 0.1) is 0 Å². The number of carbonyl (C=O) groups excluding carboxylic acids is 2. The van der Waals surface area contributed by atoms with E-state index in [0.717, 1.165) is 0 Å². The van der Waals surface area contributed by atoms with Crippen LogP contribution in [0.25, 0.3) is 0 Å². The minimum absolute atomic E-state index is 0. The zero-order valence-electron chi connectivity index (χ0n) is 25.6. The summed E-state index contributed by atoms with van der Waals surface area (Å²) in [5.41, 5.74) is 0.434. The standard InChI is InChI=1S/C11H15BN4O4.C6H10BN3O2.C5H9NO4.Li.H2O/c1-15(2)9-5-13-4-8(14-9)12-19-10(17)6-16(3)7-11(18)20-12;1-10(2)6-4-8-3-5(9-6)7(11)12;1-6(2-4(7)8)3-5(9)10;;/h4-5H,6-7H2,1-3H3;3-4,11-12H,1-2H3;2-3H2,1H3,(H,7,8)(H,9,10);;1H2/q;;;+1;/p-1. The molecule has 1 fully saturated rings. The summed E-state index contributed by atoms with van der Waals surface area (Å²) >= 11 is 0. The molecular weight excluding hydrogens is 581 g/mol. The van der Waals surface area contributed by atoms with E-state index < -0.39 is 38.1 Å². The number of aromatic nitrogens is 4. The zero-order chi connectivity index (χ0) is 32.0. The number of carbonyl (C=O) groups is 4. The maximum absolute atomic E-state index is 11.6. The quantitative estimate of drug-likeness (QED) is 0.201. The molecule has 0 spiro atoms. The first kappa shape index (κ1) is 42.3. The van der Waals surface area contributed by atoms with E-state index in [1.54, 1.807) is 57.4 Å². The van der Waals surface area contributed by atoms with Gasteiger partial charge in [-0.1, -0.05) is 0 Å². The number of carboxylic acid groups (broad SMARTS) is 2. The Balaban J connectivity index is 0. The van der Waals surface area contributed by atoms with Crippen LogP contribution in [-0.4, -0.2) is 162 Å². The van der Waals surface area contributed by atoms with E-state index in [0.29, 0.717) is 11.6 Å². The molecule has 3 heterocycles. The smallest absolute Gasteiger partial charge is 0.870 e. The van der Waals surface area contributed by atoms with Crippen molar-refractivity contribution in [3.05, 3.63) is 24.8 Å². The van der Waals surface area contributed by atoms with E-state index >= 15 is 0 Å². The molecular formula is C22H35B2LiN8O11. The van der Waals surface area contributed by atoms with Gasteiger partial charge in [0.25, 0.3) is 0 Å². The molecule has 1 saturated heterocycles. The predicted molar refractivity (Wildman–Crippen MR) is 152 cm³/mol. The zero-order valence-corrected chi connectivity index (χ0v) is 25.6. The van der Waals surface area contributed by atoms with Crippen LogP contribution in [0.5, 0.6) is 0 Å². The summed E-state index contributed by atoms with van der Waals surface area (Å²) in [6.45, 7) is -0.447. The monoisotopic (exact) mass is 616 g/mol. The third-order valence-corrected chi connectivity index (χ3v) is 4.79. The molecule has 44 heavy (non-hydrogen) atoms. The Morgan fingerprint density at radius 1 is 0.864 bits per heavy atom. The average Bonchev–Trinajstić information content (AvgIpc) is 2.87. The Kier molecular flexibility index (Phi) is 20.2. The topological polar surface area (TPSA) is 262 Å². The molecule has 2 aromatic rings. The van der Waals surface area contributed by atoms with E-state index in [9.17, 15) is 19.2 Å². The van der Waals surface area contributed by atoms with Gasteiger partial charge in [-0.05, 0) is 14.1 Å². The molecule has 1 aliphatic rings. The molecule has 0 aromatic carbocycles. The van der Waals surface area contributed by atoms with Crippen LogP contribution in [0.15, 0.2) is 24.8 Å². The molecule has 0 bridgehead atoms. The van der Waals surface area contributed by atoms with Gasteiger partial charge in [-0.15, -0.1) is 0 Å². The molecule has 0 unspecified atom stereocenters. The van der Waals surface area contributed by atoms with Crippen molar-refractivity contribution < 1.29 is 73.1 Å². The third kappa shape index (κ3) is 16.7. The molecule has 2 aromatic heterocycles. The van der Waals surface area contributed by atoms with Crippen molar-refractivity contribution in [2.75, 3.05) is 78.3 Å². The van der Waals surface area contributed by atoms with Gasteiger partial charge < -0.3 is 44.8 Å². The Labute approximate surface area is 266 Å². The summed E-state index contributed by atoms with van der Waals surface area (Å²) in [5, 5.41) is 33.9. The van der Waals surface area contributed by atoms with Crippen molar-refractivity contribution in [1.82, 2.24) is 29.7 Å². The minimum Gasteiger partial charge on any atom is -0.870 e. The average molecular weight is 616 g/mol. The van der Waals surface area contributed by atoms with Gasteiger partial charge in [0, 0.05) is 40.6 Å². The second-order valence-electron chi connectivity index (χ2n) is 9.21. The summed E-state index contributed by atoms with van der Waals surface area (Å²) in [6, 6.07) is 0. The molecule has 0 saturated carbocycles. The van der Waals surface area contributed by atoms with Crippen molar-refractivity contribution in [2.45, 2.75) is 0 Å². The molecule has 22 heteroatoms. The molecule has 0 radical (unpaired) electrons. The maximum atomic E-state index is 11.6. The van der Waals surface area contributed by atoms with Gasteiger partial charge in [0.1, 0.15) is 17.2 Å². The van der Waals surface area contributed by atoms with Crippen LogP contribution in [0.3, 0.4) is 0 Å². The summed E-state index contributed by atoms with van der Waals surface area (Å²) in [5.74, 6) is -1.84. The SMILES string of the molecule is CN(C)c1cncc(B(O)O)n1.CN(CC(=O)O)CC(=O)O.CN1CC(=O)OB(c2cncc(N(C)C)n2)OC(=O)C1.[Li+].[OH-]. The van der Waals surface area contributed by atoms with Gasteiger partial charge in [0.05, 0.1) is 44.2 Å². The van der Waals surface area contributed by atoms with Gasteiger partial charge in [0.15, 0.2) is 0 Å². The van der Waals surface area contributed by atoms with E-state index in [1.807, 2.05) is 0 Å². The van der Waals surface area contributed by atoms with Crippen molar-refractivity contribution in [1.29, 1.82) is 0 Å². The predicted octanol–water partition coefficient (Wildman–Crippen LogP) is -7.59. The molecule has 5 N–H and O–H groups in total. The fourth-order valence-electron chi connectivity index (χ4n) is 2.88. The van der Waals surface area contributed by atoms with Crippen molar-refractivity contribution >= 4 is 60.9 Å². The number of rotatable bonds is 8. The molecule has 0 amide bonds. The maximum Gasteiger partial charge on any atom is 1.00 e. The number of nitrogens with zero attached hydrogens (tertiary/aromatic N) is 8. The van der Waals surface area contributed by atoms with Crippen molar-refractivity contribution in [3.8, 4) is 0 Å². The molecule has 1 aliphatic heterocycles. The first-order valence-electron chi connectivity index (χ1n) is 12.1. The summed E-state index contributed by atoms with van der Waals surface area (Å²) in [6.07, 6.45) is 5.83. The van der Waals surface area contributed by atoms with Gasteiger partial charge >= 0.3 is 57.0 Å².